The molecule has 0 aliphatic carbocycles. The molecule has 0 saturated heterocycles. The molecule has 0 fully saturated rings. The lowest BCUT2D eigenvalue weighted by Gasteiger charge is -2.32. The molecule has 0 saturated carbocycles. The molecule has 2 amide bonds. The van der Waals surface area contributed by atoms with Gasteiger partial charge in [0, 0.05) is 29.1 Å². The largest absolute Gasteiger partial charge is 0.479 e. The molecule has 2 aromatic rings. The maximum Gasteiger partial charge on any atom is 0.267 e. The maximum absolute atomic E-state index is 12.5. The van der Waals surface area contributed by atoms with Gasteiger partial charge < -0.3 is 15.0 Å². The second-order valence-corrected chi connectivity index (χ2v) is 7.72. The summed E-state index contributed by atoms with van der Waals surface area (Å²) in [6.07, 6.45) is 0.229. The van der Waals surface area contributed by atoms with Crippen LogP contribution < -0.4 is 15.0 Å². The van der Waals surface area contributed by atoms with Gasteiger partial charge in [-0.3, -0.25) is 9.59 Å². The van der Waals surface area contributed by atoms with Gasteiger partial charge in [0.25, 0.3) is 5.91 Å². The van der Waals surface area contributed by atoms with Gasteiger partial charge in [-0.2, -0.15) is 0 Å². The SMILES string of the molecule is CC(Cc1ccc(Cl)cc1Cl)NC(=O)CCN1C(=O)C(C)Oc2ccccc21. The van der Waals surface area contributed by atoms with Crippen LogP contribution in [0.5, 0.6) is 5.75 Å². The molecule has 0 spiro atoms. The number of halogens is 2. The van der Waals surface area contributed by atoms with Crippen molar-refractivity contribution in [3.63, 3.8) is 0 Å². The highest BCUT2D eigenvalue weighted by Crippen LogP contribution is 2.33. The van der Waals surface area contributed by atoms with Crippen molar-refractivity contribution in [2.45, 2.75) is 38.8 Å². The molecule has 1 aliphatic heterocycles. The summed E-state index contributed by atoms with van der Waals surface area (Å²) in [5.41, 5.74) is 1.62. The highest BCUT2D eigenvalue weighted by atomic mass is 35.5. The first-order chi connectivity index (χ1) is 13.3. The molecular weight excluding hydrogens is 399 g/mol. The molecular formula is C21H22Cl2N2O3. The third kappa shape index (κ3) is 4.78. The first-order valence-corrected chi connectivity index (χ1v) is 9.91. The minimum atomic E-state index is -0.566. The van der Waals surface area contributed by atoms with E-state index in [1.807, 2.05) is 37.3 Å². The minimum absolute atomic E-state index is 0.0993. The lowest BCUT2D eigenvalue weighted by molar-refractivity contribution is -0.125. The van der Waals surface area contributed by atoms with Crippen molar-refractivity contribution in [1.29, 1.82) is 0 Å². The van der Waals surface area contributed by atoms with Crippen LogP contribution in [0.4, 0.5) is 5.69 Å². The number of anilines is 1. The van der Waals surface area contributed by atoms with Gasteiger partial charge in [0.2, 0.25) is 5.91 Å². The van der Waals surface area contributed by atoms with Crippen LogP contribution in [0.2, 0.25) is 10.0 Å². The predicted molar refractivity (Wildman–Crippen MR) is 111 cm³/mol. The van der Waals surface area contributed by atoms with Gasteiger partial charge in [-0.05, 0) is 50.1 Å². The fourth-order valence-corrected chi connectivity index (χ4v) is 3.70. The number of nitrogens with zero attached hydrogens (tertiary/aromatic N) is 1. The quantitative estimate of drug-likeness (QED) is 0.759. The summed E-state index contributed by atoms with van der Waals surface area (Å²) >= 11 is 12.1. The number of carbonyl (C=O) groups excluding carboxylic acids is 2. The summed E-state index contributed by atoms with van der Waals surface area (Å²) in [5, 5.41) is 4.12. The van der Waals surface area contributed by atoms with E-state index in [0.29, 0.717) is 34.4 Å². The highest BCUT2D eigenvalue weighted by Gasteiger charge is 2.31. The number of carbonyl (C=O) groups is 2. The van der Waals surface area contributed by atoms with Crippen molar-refractivity contribution in [2.75, 3.05) is 11.4 Å². The van der Waals surface area contributed by atoms with Gasteiger partial charge in [0.1, 0.15) is 5.75 Å². The highest BCUT2D eigenvalue weighted by molar-refractivity contribution is 6.35. The molecule has 0 radical (unpaired) electrons. The first kappa shape index (κ1) is 20.5. The van der Waals surface area contributed by atoms with Crippen LogP contribution in [0, 0.1) is 0 Å². The normalized spacial score (nSPS) is 16.9. The molecule has 3 rings (SSSR count). The Labute approximate surface area is 174 Å². The lowest BCUT2D eigenvalue weighted by Crippen LogP contribution is -2.46. The summed E-state index contributed by atoms with van der Waals surface area (Å²) in [6.45, 7) is 3.92. The van der Waals surface area contributed by atoms with Crippen molar-refractivity contribution >= 4 is 40.7 Å². The van der Waals surface area contributed by atoms with Gasteiger partial charge in [-0.1, -0.05) is 41.4 Å². The van der Waals surface area contributed by atoms with Gasteiger partial charge in [0.15, 0.2) is 6.10 Å². The smallest absolute Gasteiger partial charge is 0.267 e. The van der Waals surface area contributed by atoms with E-state index in [4.69, 9.17) is 27.9 Å². The number of ether oxygens (including phenoxy) is 1. The second kappa shape index (κ2) is 8.84. The number of rotatable bonds is 6. The number of nitrogens with one attached hydrogen (secondary N) is 1. The molecule has 148 valence electrons. The molecule has 5 nitrogen and oxygen atoms in total. The van der Waals surface area contributed by atoms with E-state index >= 15 is 0 Å². The monoisotopic (exact) mass is 420 g/mol. The molecule has 2 atom stereocenters. The number of hydrogen-bond acceptors (Lipinski definition) is 3. The number of para-hydroxylation sites is 2. The molecule has 28 heavy (non-hydrogen) atoms. The van der Waals surface area contributed by atoms with E-state index in [9.17, 15) is 9.59 Å². The molecule has 2 aromatic carbocycles. The van der Waals surface area contributed by atoms with E-state index < -0.39 is 6.10 Å². The van der Waals surface area contributed by atoms with Crippen molar-refractivity contribution in [1.82, 2.24) is 5.32 Å². The van der Waals surface area contributed by atoms with Gasteiger partial charge >= 0.3 is 0 Å². The van der Waals surface area contributed by atoms with E-state index in [-0.39, 0.29) is 24.3 Å². The van der Waals surface area contributed by atoms with E-state index in [2.05, 4.69) is 5.32 Å². The van der Waals surface area contributed by atoms with E-state index in [1.165, 1.54) is 0 Å². The first-order valence-electron chi connectivity index (χ1n) is 9.15. The molecule has 0 bridgehead atoms. The summed E-state index contributed by atoms with van der Waals surface area (Å²) in [6, 6.07) is 12.6. The molecule has 7 heteroatoms. The van der Waals surface area contributed by atoms with Crippen LogP contribution in [-0.4, -0.2) is 30.5 Å². The Kier molecular flexibility index (Phi) is 6.47. The average molecular weight is 421 g/mol. The third-order valence-electron chi connectivity index (χ3n) is 4.58. The third-order valence-corrected chi connectivity index (χ3v) is 5.17. The Morgan fingerprint density at radius 1 is 1.25 bits per heavy atom. The van der Waals surface area contributed by atoms with E-state index in [1.54, 1.807) is 24.0 Å². The van der Waals surface area contributed by atoms with Crippen LogP contribution in [0.1, 0.15) is 25.8 Å². The van der Waals surface area contributed by atoms with Crippen LogP contribution >= 0.6 is 23.2 Å². The fraction of sp³-hybridized carbons (Fsp3) is 0.333. The zero-order chi connectivity index (χ0) is 20.3. The Morgan fingerprint density at radius 2 is 2.00 bits per heavy atom. The maximum atomic E-state index is 12.5. The van der Waals surface area contributed by atoms with Crippen LogP contribution in [0.3, 0.4) is 0 Å². The van der Waals surface area contributed by atoms with Crippen molar-refractivity contribution in [3.05, 3.63) is 58.1 Å². The average Bonchev–Trinajstić information content (AvgIpc) is 2.64. The Balaban J connectivity index is 1.57. The van der Waals surface area contributed by atoms with Gasteiger partial charge in [-0.25, -0.2) is 0 Å². The second-order valence-electron chi connectivity index (χ2n) is 6.88. The molecule has 1 N–H and O–H groups in total. The zero-order valence-electron chi connectivity index (χ0n) is 15.7. The van der Waals surface area contributed by atoms with E-state index in [0.717, 1.165) is 5.56 Å². The molecule has 1 heterocycles. The zero-order valence-corrected chi connectivity index (χ0v) is 17.3. The van der Waals surface area contributed by atoms with Gasteiger partial charge in [-0.15, -0.1) is 0 Å². The number of amides is 2. The summed E-state index contributed by atoms with van der Waals surface area (Å²) in [4.78, 5) is 26.5. The molecule has 0 aromatic heterocycles. The summed E-state index contributed by atoms with van der Waals surface area (Å²) in [5.74, 6) is 0.385. The van der Waals surface area contributed by atoms with Crippen LogP contribution in [0.25, 0.3) is 0 Å². The van der Waals surface area contributed by atoms with Crippen molar-refractivity contribution < 1.29 is 14.3 Å². The molecule has 1 aliphatic rings. The Bertz CT molecular complexity index is 888. The number of hydrogen-bond donors (Lipinski definition) is 1. The number of benzene rings is 2. The topological polar surface area (TPSA) is 58.6 Å². The summed E-state index contributed by atoms with van der Waals surface area (Å²) in [7, 11) is 0. The lowest BCUT2D eigenvalue weighted by atomic mass is 10.1. The van der Waals surface area contributed by atoms with Gasteiger partial charge in [0.05, 0.1) is 5.69 Å². The van der Waals surface area contributed by atoms with Crippen LogP contribution in [0.15, 0.2) is 42.5 Å². The van der Waals surface area contributed by atoms with Crippen molar-refractivity contribution in [2.24, 2.45) is 0 Å². The minimum Gasteiger partial charge on any atom is -0.479 e. The standard InChI is InChI=1S/C21H22Cl2N2O3/c1-13(11-15-7-8-16(22)12-17(15)23)24-20(26)9-10-25-18-5-3-4-6-19(18)28-14(2)21(25)27/h3-8,12-14H,9-11H2,1-2H3,(H,24,26). The van der Waals surface area contributed by atoms with Crippen LogP contribution in [-0.2, 0) is 16.0 Å². The fourth-order valence-electron chi connectivity index (χ4n) is 3.22. The molecule has 2 unspecified atom stereocenters. The Hall–Kier alpha value is -2.24. The predicted octanol–water partition coefficient (Wildman–Crippen LogP) is 4.24. The number of fused-ring (bicyclic) bond motifs is 1. The Morgan fingerprint density at radius 3 is 2.75 bits per heavy atom. The van der Waals surface area contributed by atoms with Crippen molar-refractivity contribution in [3.8, 4) is 5.75 Å². The summed E-state index contributed by atoms with van der Waals surface area (Å²) < 4.78 is 5.62.